The van der Waals surface area contributed by atoms with Crippen LogP contribution in [-0.4, -0.2) is 114 Å². The number of amides is 1. The van der Waals surface area contributed by atoms with Crippen molar-refractivity contribution in [2.45, 2.75) is 128 Å². The zero-order valence-corrected chi connectivity index (χ0v) is 35.8. The Hall–Kier alpha value is -4.67. The molecule has 11 atom stereocenters. The van der Waals surface area contributed by atoms with Crippen LogP contribution in [0, 0.1) is 16.7 Å². The van der Waals surface area contributed by atoms with Crippen LogP contribution in [-0.2, 0) is 47.5 Å². The SMILES string of the molecule is COC1C(=O)[C@]2(C)C(OC)C[C@H]3OC[C@@]3(OC(C)=O)[C@H]2C(OC(=O)c2ccccc2)[C@]2(O)CC(OC(=O)C(O)C(NC(=O)OC(C)(C)C)c3ccccc3)C(C)=C1C2(C)C. The second-order valence-electron chi connectivity index (χ2n) is 18.0. The summed E-state index contributed by atoms with van der Waals surface area (Å²) in [4.78, 5) is 70.1. The quantitative estimate of drug-likeness (QED) is 0.171. The lowest BCUT2D eigenvalue weighted by Gasteiger charge is -2.67. The molecular weight excluding hydrogens is 778 g/mol. The van der Waals surface area contributed by atoms with E-state index in [9.17, 15) is 29.4 Å². The molecule has 6 unspecified atom stereocenters. The molecule has 60 heavy (non-hydrogen) atoms. The maximum atomic E-state index is 15.5. The highest BCUT2D eigenvalue weighted by Crippen LogP contribution is 2.64. The van der Waals surface area contributed by atoms with E-state index in [1.54, 1.807) is 109 Å². The van der Waals surface area contributed by atoms with Gasteiger partial charge in [-0.1, -0.05) is 62.4 Å². The van der Waals surface area contributed by atoms with Gasteiger partial charge in [0.1, 0.15) is 35.6 Å². The molecule has 2 saturated carbocycles. The molecule has 326 valence electrons. The predicted octanol–water partition coefficient (Wildman–Crippen LogP) is 4.57. The number of esters is 3. The van der Waals surface area contributed by atoms with Crippen molar-refractivity contribution in [3.05, 3.63) is 82.9 Å². The molecule has 0 spiro atoms. The summed E-state index contributed by atoms with van der Waals surface area (Å²) in [6, 6.07) is 15.1. The Morgan fingerprint density at radius 3 is 2.08 bits per heavy atom. The van der Waals surface area contributed by atoms with E-state index in [-0.39, 0.29) is 24.2 Å². The van der Waals surface area contributed by atoms with Crippen LogP contribution in [0.3, 0.4) is 0 Å². The Morgan fingerprint density at radius 1 is 0.933 bits per heavy atom. The predicted molar refractivity (Wildman–Crippen MR) is 213 cm³/mol. The smallest absolute Gasteiger partial charge is 0.408 e. The number of aliphatic hydroxyl groups excluding tert-OH is 1. The number of carbonyl (C=O) groups excluding carboxylic acids is 5. The van der Waals surface area contributed by atoms with E-state index < -0.39 is 112 Å². The van der Waals surface area contributed by atoms with E-state index >= 15 is 4.79 Å². The van der Waals surface area contributed by atoms with Crippen LogP contribution in [0.1, 0.15) is 90.2 Å². The van der Waals surface area contributed by atoms with Crippen molar-refractivity contribution in [2.75, 3.05) is 20.8 Å². The number of alkyl carbamates (subject to hydrolysis) is 1. The van der Waals surface area contributed by atoms with Crippen LogP contribution >= 0.6 is 0 Å². The van der Waals surface area contributed by atoms with Gasteiger partial charge in [0, 0.05) is 39.4 Å². The summed E-state index contributed by atoms with van der Waals surface area (Å²) >= 11 is 0. The van der Waals surface area contributed by atoms with Gasteiger partial charge in [-0.15, -0.1) is 0 Å². The van der Waals surface area contributed by atoms with Crippen molar-refractivity contribution in [1.82, 2.24) is 5.32 Å². The summed E-state index contributed by atoms with van der Waals surface area (Å²) < 4.78 is 42.4. The topological polar surface area (TPSA) is 202 Å². The number of hydrogen-bond acceptors (Lipinski definition) is 14. The van der Waals surface area contributed by atoms with Gasteiger partial charge in [0.25, 0.3) is 0 Å². The maximum absolute atomic E-state index is 15.5. The molecule has 2 aromatic rings. The van der Waals surface area contributed by atoms with Crippen LogP contribution in [0.15, 0.2) is 71.8 Å². The van der Waals surface area contributed by atoms with Crippen molar-refractivity contribution < 1.29 is 67.3 Å². The van der Waals surface area contributed by atoms with Crippen LogP contribution in [0.2, 0.25) is 0 Å². The first-order valence-corrected chi connectivity index (χ1v) is 20.1. The highest BCUT2D eigenvalue weighted by atomic mass is 16.6. The zero-order chi connectivity index (χ0) is 44.2. The Bertz CT molecular complexity index is 2010. The first-order valence-electron chi connectivity index (χ1n) is 20.1. The van der Waals surface area contributed by atoms with Gasteiger partial charge in [-0.3, -0.25) is 9.59 Å². The molecule has 1 aliphatic heterocycles. The third kappa shape index (κ3) is 7.52. The molecule has 3 fully saturated rings. The van der Waals surface area contributed by atoms with Gasteiger partial charge < -0.3 is 48.7 Å². The number of rotatable bonds is 10. The average molecular weight is 836 g/mol. The Labute approximate surface area is 350 Å². The minimum Gasteiger partial charge on any atom is -0.456 e. The number of aliphatic hydroxyl groups is 2. The summed E-state index contributed by atoms with van der Waals surface area (Å²) in [5.41, 5.74) is -6.72. The number of nitrogens with one attached hydrogen (secondary N) is 1. The first kappa shape index (κ1) is 44.9. The summed E-state index contributed by atoms with van der Waals surface area (Å²) in [5.74, 6) is -4.52. The number of ether oxygens (including phenoxy) is 7. The molecule has 2 aromatic carbocycles. The summed E-state index contributed by atoms with van der Waals surface area (Å²) in [6.45, 7) is 12.7. The Morgan fingerprint density at radius 2 is 1.55 bits per heavy atom. The fourth-order valence-electron chi connectivity index (χ4n) is 10.1. The number of benzene rings is 2. The van der Waals surface area contributed by atoms with E-state index in [1.165, 1.54) is 21.1 Å². The lowest BCUT2D eigenvalue weighted by Crippen LogP contribution is -2.82. The Balaban J connectivity index is 1.52. The standard InChI is InChI=1S/C45H57NO14/c1-24-28(57-39(51)33(48)32(26-17-13-11-14-18-26)46-40(52)60-41(3,4)5)22-45(53)37(58-38(50)27-19-15-12-16-20-27)35-43(8,36(49)34(55-10)31(24)42(45,6)7)29(54-9)21-30-44(35,23-56-30)59-25(2)47/h11-20,28-30,32-35,37,48,53H,21-23H2,1-10H3,(H,46,52)/t28?,29?,30-,32?,33?,34?,35+,37?,43-,44+,45-/m1/s1. The van der Waals surface area contributed by atoms with E-state index in [2.05, 4.69) is 5.32 Å². The highest BCUT2D eigenvalue weighted by Gasteiger charge is 2.78. The third-order valence-electron chi connectivity index (χ3n) is 13.0. The molecule has 3 aliphatic carbocycles. The van der Waals surface area contributed by atoms with Gasteiger partial charge in [-0.25, -0.2) is 14.4 Å². The molecule has 4 aliphatic rings. The van der Waals surface area contributed by atoms with Gasteiger partial charge in [0.2, 0.25) is 0 Å². The van der Waals surface area contributed by atoms with Gasteiger partial charge >= 0.3 is 24.0 Å². The van der Waals surface area contributed by atoms with E-state index in [4.69, 9.17) is 33.2 Å². The molecule has 6 rings (SSSR count). The monoisotopic (exact) mass is 835 g/mol. The number of carbonyl (C=O) groups is 5. The highest BCUT2D eigenvalue weighted by molar-refractivity contribution is 5.94. The van der Waals surface area contributed by atoms with Crippen LogP contribution < -0.4 is 5.32 Å². The van der Waals surface area contributed by atoms with Crippen molar-refractivity contribution >= 4 is 29.8 Å². The lowest BCUT2D eigenvalue weighted by atomic mass is 9.44. The fourth-order valence-corrected chi connectivity index (χ4v) is 10.1. The van der Waals surface area contributed by atoms with Crippen LogP contribution in [0.5, 0.6) is 0 Å². The molecule has 15 heteroatoms. The van der Waals surface area contributed by atoms with Crippen molar-refractivity contribution in [3.8, 4) is 0 Å². The summed E-state index contributed by atoms with van der Waals surface area (Å²) in [7, 11) is 2.78. The van der Waals surface area contributed by atoms with Gasteiger partial charge in [0.05, 0.1) is 35.6 Å². The number of Topliss-reactive ketones (excluding diaryl/α,β-unsaturated/α-hetero) is 1. The molecule has 2 bridgehead atoms. The second-order valence-corrected chi connectivity index (χ2v) is 18.0. The van der Waals surface area contributed by atoms with Gasteiger partial charge in [-0.05, 0) is 63.5 Å². The number of ketones is 1. The summed E-state index contributed by atoms with van der Waals surface area (Å²) in [5, 5.41) is 28.0. The number of hydrogen-bond donors (Lipinski definition) is 3. The lowest BCUT2D eigenvalue weighted by molar-refractivity contribution is -0.347. The van der Waals surface area contributed by atoms with E-state index in [0.717, 1.165) is 0 Å². The molecule has 1 amide bonds. The normalized spacial score (nSPS) is 33.0. The largest absolute Gasteiger partial charge is 0.456 e. The molecule has 0 aromatic heterocycles. The van der Waals surface area contributed by atoms with Gasteiger partial charge in [-0.2, -0.15) is 0 Å². The van der Waals surface area contributed by atoms with Crippen LogP contribution in [0.25, 0.3) is 0 Å². The minimum absolute atomic E-state index is 0.121. The molecular formula is C45H57NO14. The maximum Gasteiger partial charge on any atom is 0.408 e. The fraction of sp³-hybridized carbons (Fsp3) is 0.578. The molecule has 3 N–H and O–H groups in total. The first-order chi connectivity index (χ1) is 28.1. The average Bonchev–Trinajstić information content (AvgIpc) is 3.18. The van der Waals surface area contributed by atoms with Gasteiger partial charge in [0.15, 0.2) is 17.5 Å². The molecule has 15 nitrogen and oxygen atoms in total. The van der Waals surface area contributed by atoms with Crippen molar-refractivity contribution in [3.63, 3.8) is 0 Å². The Kier molecular flexibility index (Phi) is 12.2. The van der Waals surface area contributed by atoms with Crippen LogP contribution in [0.4, 0.5) is 4.79 Å². The van der Waals surface area contributed by atoms with Crippen molar-refractivity contribution in [1.29, 1.82) is 0 Å². The second kappa shape index (κ2) is 16.3. The molecule has 0 radical (unpaired) electrons. The van der Waals surface area contributed by atoms with E-state index in [1.807, 2.05) is 0 Å². The third-order valence-corrected chi connectivity index (χ3v) is 13.0. The van der Waals surface area contributed by atoms with E-state index in [0.29, 0.717) is 11.1 Å². The van der Waals surface area contributed by atoms with Crippen molar-refractivity contribution in [2.24, 2.45) is 16.7 Å². The molecule has 1 heterocycles. The number of methoxy groups -OCH3 is 2. The summed E-state index contributed by atoms with van der Waals surface area (Å²) in [6.07, 6.45) is -9.31. The number of fused-ring (bicyclic) bond motifs is 5. The minimum atomic E-state index is -2.22. The zero-order valence-electron chi connectivity index (χ0n) is 35.8. The molecule has 1 saturated heterocycles.